The van der Waals surface area contributed by atoms with Crippen molar-refractivity contribution in [3.8, 4) is 0 Å². The highest BCUT2D eigenvalue weighted by Crippen LogP contribution is 2.16. The van der Waals surface area contributed by atoms with Crippen molar-refractivity contribution in [2.45, 2.75) is 32.7 Å². The smallest absolute Gasteiger partial charge is 0.276 e. The molecule has 0 saturated carbocycles. The molecule has 9 heteroatoms. The highest BCUT2D eigenvalue weighted by atomic mass is 16.2. The lowest BCUT2D eigenvalue weighted by Gasteiger charge is -2.28. The highest BCUT2D eigenvalue weighted by Gasteiger charge is 2.26. The fraction of sp³-hybridized carbons (Fsp3) is 0.320. The zero-order valence-corrected chi connectivity index (χ0v) is 19.9. The average Bonchev–Trinajstić information content (AvgIpc) is 3.43. The third kappa shape index (κ3) is 4.83. The van der Waals surface area contributed by atoms with Gasteiger partial charge in [0.1, 0.15) is 5.69 Å². The van der Waals surface area contributed by atoms with Gasteiger partial charge in [-0.15, -0.1) is 10.2 Å². The van der Waals surface area contributed by atoms with Crippen LogP contribution in [-0.4, -0.2) is 60.7 Å². The van der Waals surface area contributed by atoms with Gasteiger partial charge in [0.25, 0.3) is 11.8 Å². The molecule has 0 bridgehead atoms. The zero-order chi connectivity index (χ0) is 24.2. The number of carbonyl (C=O) groups excluding carboxylic acids is 2. The van der Waals surface area contributed by atoms with E-state index in [1.54, 1.807) is 27.1 Å². The molecule has 4 aromatic rings. The number of aromatic nitrogens is 5. The first-order valence-corrected chi connectivity index (χ1v) is 11.3. The minimum Gasteiger partial charge on any atom is -0.351 e. The van der Waals surface area contributed by atoms with Crippen LogP contribution in [0.1, 0.15) is 44.3 Å². The van der Waals surface area contributed by atoms with E-state index in [-0.39, 0.29) is 23.6 Å². The molecule has 0 fully saturated rings. The molecule has 0 radical (unpaired) electrons. The average molecular weight is 460 g/mol. The van der Waals surface area contributed by atoms with Crippen molar-refractivity contribution in [3.05, 3.63) is 83.1 Å². The largest absolute Gasteiger partial charge is 0.351 e. The molecule has 0 aliphatic carbocycles. The van der Waals surface area contributed by atoms with Crippen LogP contribution >= 0.6 is 0 Å². The number of benzene rings is 1. The predicted molar refractivity (Wildman–Crippen MR) is 129 cm³/mol. The van der Waals surface area contributed by atoms with Gasteiger partial charge in [-0.3, -0.25) is 9.59 Å². The Labute approximate surface area is 198 Å². The molecule has 0 spiro atoms. The van der Waals surface area contributed by atoms with Crippen LogP contribution in [0, 0.1) is 13.8 Å². The Kier molecular flexibility index (Phi) is 6.72. The van der Waals surface area contributed by atoms with Gasteiger partial charge in [0.2, 0.25) is 0 Å². The maximum atomic E-state index is 13.5. The van der Waals surface area contributed by atoms with Gasteiger partial charge in [0, 0.05) is 38.9 Å². The van der Waals surface area contributed by atoms with E-state index < -0.39 is 0 Å². The normalized spacial score (nSPS) is 12.0. The van der Waals surface area contributed by atoms with Crippen LogP contribution in [0.15, 0.2) is 54.7 Å². The molecular weight excluding hydrogens is 430 g/mol. The molecular formula is C25H29N7O2. The quantitative estimate of drug-likeness (QED) is 0.437. The second-order valence-corrected chi connectivity index (χ2v) is 8.50. The van der Waals surface area contributed by atoms with E-state index in [1.165, 1.54) is 0 Å². The summed E-state index contributed by atoms with van der Waals surface area (Å²) in [7, 11) is 3.61. The second-order valence-electron chi connectivity index (χ2n) is 8.50. The van der Waals surface area contributed by atoms with Crippen molar-refractivity contribution in [2.75, 3.05) is 13.6 Å². The fourth-order valence-corrected chi connectivity index (χ4v) is 4.07. The van der Waals surface area contributed by atoms with Crippen LogP contribution < -0.4 is 5.32 Å². The number of hydrogen-bond donors (Lipinski definition) is 1. The molecule has 1 N–H and O–H groups in total. The van der Waals surface area contributed by atoms with Crippen LogP contribution in [0.3, 0.4) is 0 Å². The Morgan fingerprint density at radius 1 is 1.09 bits per heavy atom. The topological polar surface area (TPSA) is 97.4 Å². The van der Waals surface area contributed by atoms with E-state index in [0.717, 1.165) is 11.3 Å². The predicted octanol–water partition coefficient (Wildman–Crippen LogP) is 2.58. The second kappa shape index (κ2) is 9.86. The summed E-state index contributed by atoms with van der Waals surface area (Å²) in [6, 6.07) is 15.3. The van der Waals surface area contributed by atoms with Crippen LogP contribution in [-0.2, 0) is 13.5 Å². The van der Waals surface area contributed by atoms with E-state index in [2.05, 4.69) is 20.6 Å². The van der Waals surface area contributed by atoms with Gasteiger partial charge in [0.05, 0.1) is 11.4 Å². The van der Waals surface area contributed by atoms with Gasteiger partial charge in [-0.1, -0.05) is 30.3 Å². The van der Waals surface area contributed by atoms with Crippen LogP contribution in [0.5, 0.6) is 0 Å². The molecule has 1 unspecified atom stereocenters. The first-order chi connectivity index (χ1) is 16.3. The number of aryl methyl sites for hydroxylation is 3. The summed E-state index contributed by atoms with van der Waals surface area (Å²) in [5, 5.41) is 15.8. The summed E-state index contributed by atoms with van der Waals surface area (Å²) in [6.45, 7) is 4.13. The Morgan fingerprint density at radius 2 is 1.85 bits per heavy atom. The molecule has 0 aliphatic heterocycles. The number of fused-ring (bicyclic) bond motifs is 1. The molecule has 4 rings (SSSR count). The minimum atomic E-state index is -0.227. The van der Waals surface area contributed by atoms with Gasteiger partial charge >= 0.3 is 0 Å². The van der Waals surface area contributed by atoms with Crippen molar-refractivity contribution in [3.63, 3.8) is 0 Å². The summed E-state index contributed by atoms with van der Waals surface area (Å²) in [4.78, 5) is 27.7. The standard InChI is InChI=1S/C25H29N7O2/c1-17-15-22-27-28-23(18(2)32(22)29-17)25(34)31(4)20(16-19-9-6-5-7-10-19)12-13-26-24(33)21-11-8-14-30(21)3/h5-11,14-15,20H,12-13,16H2,1-4H3,(H,26,33). The lowest BCUT2D eigenvalue weighted by Crippen LogP contribution is -2.42. The van der Waals surface area contributed by atoms with Gasteiger partial charge in [-0.25, -0.2) is 4.52 Å². The zero-order valence-electron chi connectivity index (χ0n) is 19.9. The van der Waals surface area contributed by atoms with E-state index in [9.17, 15) is 9.59 Å². The first kappa shape index (κ1) is 23.2. The maximum Gasteiger partial charge on any atom is 0.276 e. The van der Waals surface area contributed by atoms with Crippen molar-refractivity contribution in [1.29, 1.82) is 0 Å². The lowest BCUT2D eigenvalue weighted by atomic mass is 10.0. The number of hydrogen-bond acceptors (Lipinski definition) is 5. The fourth-order valence-electron chi connectivity index (χ4n) is 4.07. The third-order valence-electron chi connectivity index (χ3n) is 6.05. The number of nitrogens with one attached hydrogen (secondary N) is 1. The molecule has 2 amide bonds. The molecule has 176 valence electrons. The van der Waals surface area contributed by atoms with Crippen molar-refractivity contribution < 1.29 is 9.59 Å². The van der Waals surface area contributed by atoms with E-state index in [1.807, 2.05) is 69.6 Å². The van der Waals surface area contributed by atoms with Crippen molar-refractivity contribution in [1.82, 2.24) is 34.6 Å². The van der Waals surface area contributed by atoms with E-state index >= 15 is 0 Å². The van der Waals surface area contributed by atoms with Crippen molar-refractivity contribution in [2.24, 2.45) is 7.05 Å². The van der Waals surface area contributed by atoms with Crippen LogP contribution in [0.4, 0.5) is 0 Å². The monoisotopic (exact) mass is 459 g/mol. The summed E-state index contributed by atoms with van der Waals surface area (Å²) in [6.07, 6.45) is 3.07. The Hall–Kier alpha value is -4.01. The van der Waals surface area contributed by atoms with Gasteiger partial charge in [-0.05, 0) is 44.4 Å². The summed E-state index contributed by atoms with van der Waals surface area (Å²) in [5.41, 5.74) is 4.04. The summed E-state index contributed by atoms with van der Waals surface area (Å²) >= 11 is 0. The molecule has 0 saturated heterocycles. The molecule has 34 heavy (non-hydrogen) atoms. The highest BCUT2D eigenvalue weighted by molar-refractivity contribution is 5.93. The molecule has 3 heterocycles. The summed E-state index contributed by atoms with van der Waals surface area (Å²) < 4.78 is 3.43. The molecule has 1 aromatic carbocycles. The number of carbonyl (C=O) groups is 2. The Morgan fingerprint density at radius 3 is 2.56 bits per heavy atom. The van der Waals surface area contributed by atoms with Gasteiger partial charge < -0.3 is 14.8 Å². The van der Waals surface area contributed by atoms with Gasteiger partial charge in [0.15, 0.2) is 11.3 Å². The van der Waals surface area contributed by atoms with Crippen molar-refractivity contribution >= 4 is 17.5 Å². The van der Waals surface area contributed by atoms with Crippen LogP contribution in [0.2, 0.25) is 0 Å². The number of rotatable bonds is 8. The number of amides is 2. The van der Waals surface area contributed by atoms with E-state index in [0.29, 0.717) is 36.4 Å². The van der Waals surface area contributed by atoms with Crippen LogP contribution in [0.25, 0.3) is 5.65 Å². The van der Waals surface area contributed by atoms with Gasteiger partial charge in [-0.2, -0.15) is 5.10 Å². The minimum absolute atomic E-state index is 0.138. The Balaban J connectivity index is 1.52. The molecule has 9 nitrogen and oxygen atoms in total. The van der Waals surface area contributed by atoms with E-state index in [4.69, 9.17) is 0 Å². The Bertz CT molecular complexity index is 1310. The summed E-state index contributed by atoms with van der Waals surface area (Å²) in [5.74, 6) is -0.365. The first-order valence-electron chi connectivity index (χ1n) is 11.3. The maximum absolute atomic E-state index is 13.5. The molecule has 3 aromatic heterocycles. The molecule has 0 aliphatic rings. The SMILES string of the molecule is Cc1cc2nnc(C(=O)N(C)C(CCNC(=O)c3cccn3C)Cc3ccccc3)c(C)n2n1. The third-order valence-corrected chi connectivity index (χ3v) is 6.05. The molecule has 1 atom stereocenters. The lowest BCUT2D eigenvalue weighted by molar-refractivity contribution is 0.0714. The number of nitrogens with zero attached hydrogens (tertiary/aromatic N) is 6. The number of likely N-dealkylation sites (N-methyl/N-ethyl adjacent to an activating group) is 1.